The highest BCUT2D eigenvalue weighted by molar-refractivity contribution is 5.60. The minimum Gasteiger partial charge on any atom is -0.508 e. The molecule has 1 aliphatic carbocycles. The molecule has 92 valence electrons. The topological polar surface area (TPSA) is 83.6 Å². The highest BCUT2D eigenvalue weighted by Crippen LogP contribution is 2.20. The van der Waals surface area contributed by atoms with Crippen LogP contribution in [0.1, 0.15) is 5.56 Å². The average Bonchev–Trinajstić information content (AvgIpc) is 2.34. The molecule has 5 nitrogen and oxygen atoms in total. The summed E-state index contributed by atoms with van der Waals surface area (Å²) in [6.07, 6.45) is 4.75. The summed E-state index contributed by atoms with van der Waals surface area (Å²) in [4.78, 5) is 10.1. The van der Waals surface area contributed by atoms with Crippen LogP contribution in [0.2, 0.25) is 0 Å². The predicted octanol–water partition coefficient (Wildman–Crippen LogP) is 1.87. The maximum atomic E-state index is 10.6. The molecule has 0 amide bonds. The van der Waals surface area contributed by atoms with E-state index in [-0.39, 0.29) is 11.4 Å². The number of aliphatic hydroxyl groups excluding tert-OH is 1. The van der Waals surface area contributed by atoms with E-state index in [9.17, 15) is 15.2 Å². The standard InChI is InChI=1S/C13H11NO4/c15-12-4-1-9(2-5-12)7-10-8-11(14(17)18)3-6-13(10)16/h1-8,13,15-16H. The van der Waals surface area contributed by atoms with Gasteiger partial charge in [0.2, 0.25) is 0 Å². The smallest absolute Gasteiger partial charge is 0.269 e. The van der Waals surface area contributed by atoms with Gasteiger partial charge in [0.15, 0.2) is 0 Å². The Morgan fingerprint density at radius 3 is 2.56 bits per heavy atom. The van der Waals surface area contributed by atoms with Crippen LogP contribution in [0.3, 0.4) is 0 Å². The third-order valence-electron chi connectivity index (χ3n) is 2.54. The van der Waals surface area contributed by atoms with Crippen molar-refractivity contribution in [1.29, 1.82) is 0 Å². The Morgan fingerprint density at radius 2 is 1.94 bits per heavy atom. The van der Waals surface area contributed by atoms with Crippen LogP contribution in [0.15, 0.2) is 53.8 Å². The molecule has 18 heavy (non-hydrogen) atoms. The van der Waals surface area contributed by atoms with E-state index in [4.69, 9.17) is 5.11 Å². The van der Waals surface area contributed by atoms with Crippen LogP contribution in [0.4, 0.5) is 0 Å². The molecule has 5 heteroatoms. The van der Waals surface area contributed by atoms with Gasteiger partial charge in [-0.15, -0.1) is 0 Å². The lowest BCUT2D eigenvalue weighted by Crippen LogP contribution is -2.11. The summed E-state index contributed by atoms with van der Waals surface area (Å²) >= 11 is 0. The summed E-state index contributed by atoms with van der Waals surface area (Å²) in [5, 5.41) is 29.5. The van der Waals surface area contributed by atoms with Crippen molar-refractivity contribution in [2.45, 2.75) is 6.10 Å². The Balaban J connectivity index is 2.34. The maximum absolute atomic E-state index is 10.6. The quantitative estimate of drug-likeness (QED) is 0.615. The van der Waals surface area contributed by atoms with Gasteiger partial charge in [0.1, 0.15) is 5.75 Å². The molecule has 1 atom stereocenters. The highest BCUT2D eigenvalue weighted by Gasteiger charge is 2.17. The minimum atomic E-state index is -0.859. The molecule has 0 aliphatic heterocycles. The van der Waals surface area contributed by atoms with Gasteiger partial charge in [0, 0.05) is 12.2 Å². The molecule has 2 N–H and O–H groups in total. The fraction of sp³-hybridized carbons (Fsp3) is 0.0769. The Hall–Kier alpha value is -2.40. The molecule has 0 spiro atoms. The van der Waals surface area contributed by atoms with E-state index in [0.29, 0.717) is 5.57 Å². The third-order valence-corrected chi connectivity index (χ3v) is 2.54. The van der Waals surface area contributed by atoms with Crippen molar-refractivity contribution in [3.63, 3.8) is 0 Å². The van der Waals surface area contributed by atoms with Crippen molar-refractivity contribution in [3.05, 3.63) is 69.4 Å². The number of phenolic OH excluding ortho intramolecular Hbond substituents is 1. The molecule has 1 unspecified atom stereocenters. The summed E-state index contributed by atoms with van der Waals surface area (Å²) < 4.78 is 0. The summed E-state index contributed by atoms with van der Waals surface area (Å²) in [7, 11) is 0. The number of hydrogen-bond acceptors (Lipinski definition) is 4. The third kappa shape index (κ3) is 2.64. The number of rotatable bonds is 2. The maximum Gasteiger partial charge on any atom is 0.269 e. The number of benzene rings is 1. The molecule has 0 saturated heterocycles. The zero-order valence-electron chi connectivity index (χ0n) is 9.35. The fourth-order valence-electron chi connectivity index (χ4n) is 1.61. The first-order chi connectivity index (χ1) is 8.56. The molecule has 1 aromatic carbocycles. The largest absolute Gasteiger partial charge is 0.508 e. The monoisotopic (exact) mass is 245 g/mol. The van der Waals surface area contributed by atoms with E-state index in [1.165, 1.54) is 30.4 Å². The van der Waals surface area contributed by atoms with Crippen molar-refractivity contribution in [1.82, 2.24) is 0 Å². The zero-order chi connectivity index (χ0) is 13.1. The van der Waals surface area contributed by atoms with Gasteiger partial charge in [-0.25, -0.2) is 0 Å². The summed E-state index contributed by atoms with van der Waals surface area (Å²) in [6.45, 7) is 0. The van der Waals surface area contributed by atoms with Crippen molar-refractivity contribution in [2.75, 3.05) is 0 Å². The van der Waals surface area contributed by atoms with Crippen molar-refractivity contribution >= 4 is 6.08 Å². The molecule has 0 radical (unpaired) electrons. The molecule has 1 aliphatic rings. The van der Waals surface area contributed by atoms with Gasteiger partial charge in [-0.05, 0) is 35.4 Å². The molecule has 0 heterocycles. The first kappa shape index (κ1) is 12.1. The molecular weight excluding hydrogens is 234 g/mol. The van der Waals surface area contributed by atoms with Crippen LogP contribution in [0.5, 0.6) is 5.75 Å². The van der Waals surface area contributed by atoms with E-state index in [1.54, 1.807) is 18.2 Å². The van der Waals surface area contributed by atoms with E-state index in [2.05, 4.69) is 0 Å². The van der Waals surface area contributed by atoms with Crippen LogP contribution in [-0.4, -0.2) is 21.2 Å². The molecule has 1 aromatic rings. The van der Waals surface area contributed by atoms with Crippen LogP contribution < -0.4 is 0 Å². The molecule has 0 fully saturated rings. The van der Waals surface area contributed by atoms with Gasteiger partial charge < -0.3 is 10.2 Å². The number of aromatic hydroxyl groups is 1. The molecular formula is C13H11NO4. The second-order valence-corrected chi connectivity index (χ2v) is 3.87. The Kier molecular flexibility index (Phi) is 3.25. The van der Waals surface area contributed by atoms with E-state index in [1.807, 2.05) is 0 Å². The number of nitro groups is 1. The van der Waals surface area contributed by atoms with Crippen molar-refractivity contribution < 1.29 is 15.1 Å². The molecule has 0 saturated carbocycles. The first-order valence-corrected chi connectivity index (χ1v) is 5.29. The summed E-state index contributed by atoms with van der Waals surface area (Å²) in [6, 6.07) is 6.34. The van der Waals surface area contributed by atoms with E-state index in [0.717, 1.165) is 5.56 Å². The Morgan fingerprint density at radius 1 is 1.28 bits per heavy atom. The lowest BCUT2D eigenvalue weighted by Gasteiger charge is -2.11. The average molecular weight is 245 g/mol. The fourth-order valence-corrected chi connectivity index (χ4v) is 1.61. The number of phenols is 1. The van der Waals surface area contributed by atoms with Gasteiger partial charge >= 0.3 is 0 Å². The van der Waals surface area contributed by atoms with Gasteiger partial charge in [0.05, 0.1) is 11.0 Å². The SMILES string of the molecule is O=[N+]([O-])C1=CC(=Cc2ccc(O)cc2)C(O)C=C1. The Labute approximate surface area is 103 Å². The molecule has 0 bridgehead atoms. The lowest BCUT2D eigenvalue weighted by atomic mass is 10.0. The van der Waals surface area contributed by atoms with E-state index >= 15 is 0 Å². The van der Waals surface area contributed by atoms with Crippen LogP contribution >= 0.6 is 0 Å². The lowest BCUT2D eigenvalue weighted by molar-refractivity contribution is -0.419. The number of allylic oxidation sites excluding steroid dienone is 1. The second-order valence-electron chi connectivity index (χ2n) is 3.87. The summed E-state index contributed by atoms with van der Waals surface area (Å²) in [5.41, 5.74) is 1.12. The van der Waals surface area contributed by atoms with Gasteiger partial charge in [-0.2, -0.15) is 0 Å². The first-order valence-electron chi connectivity index (χ1n) is 5.29. The van der Waals surface area contributed by atoms with Crippen LogP contribution in [-0.2, 0) is 0 Å². The molecule has 2 rings (SSSR count). The molecule has 0 aromatic heterocycles. The van der Waals surface area contributed by atoms with Gasteiger partial charge in [-0.3, -0.25) is 10.1 Å². The van der Waals surface area contributed by atoms with Gasteiger partial charge in [0.25, 0.3) is 5.70 Å². The summed E-state index contributed by atoms with van der Waals surface area (Å²) in [5.74, 6) is 0.141. The van der Waals surface area contributed by atoms with E-state index < -0.39 is 11.0 Å². The normalized spacial score (nSPS) is 20.8. The second kappa shape index (κ2) is 4.85. The van der Waals surface area contributed by atoms with Crippen molar-refractivity contribution in [3.8, 4) is 5.75 Å². The van der Waals surface area contributed by atoms with Crippen LogP contribution in [0.25, 0.3) is 6.08 Å². The number of nitrogens with zero attached hydrogens (tertiary/aromatic N) is 1. The minimum absolute atomic E-state index is 0.0645. The Bertz CT molecular complexity index is 555. The van der Waals surface area contributed by atoms with Crippen LogP contribution in [0, 0.1) is 10.1 Å². The highest BCUT2D eigenvalue weighted by atomic mass is 16.6. The zero-order valence-corrected chi connectivity index (χ0v) is 9.35. The number of aliphatic hydroxyl groups is 1. The predicted molar refractivity (Wildman–Crippen MR) is 66.3 cm³/mol. The van der Waals surface area contributed by atoms with Crippen molar-refractivity contribution in [2.24, 2.45) is 0 Å². The van der Waals surface area contributed by atoms with Gasteiger partial charge in [-0.1, -0.05) is 12.1 Å². The number of hydrogen-bond donors (Lipinski definition) is 2.